The highest BCUT2D eigenvalue weighted by Crippen LogP contribution is 2.48. The van der Waals surface area contributed by atoms with E-state index in [0.29, 0.717) is 24.6 Å². The van der Waals surface area contributed by atoms with Crippen LogP contribution in [-0.4, -0.2) is 31.2 Å². The van der Waals surface area contributed by atoms with Gasteiger partial charge in [0.05, 0.1) is 0 Å². The fourth-order valence-corrected chi connectivity index (χ4v) is 3.06. The Bertz CT molecular complexity index is 584. The van der Waals surface area contributed by atoms with Crippen molar-refractivity contribution < 1.29 is 14.3 Å². The molecule has 2 amide bonds. The van der Waals surface area contributed by atoms with Gasteiger partial charge in [-0.05, 0) is 49.8 Å². The molecular formula is C17H21ClN2O3. The van der Waals surface area contributed by atoms with E-state index in [2.05, 4.69) is 10.6 Å². The highest BCUT2D eigenvalue weighted by Gasteiger charge is 2.45. The van der Waals surface area contributed by atoms with Crippen LogP contribution in [-0.2, 0) is 14.9 Å². The molecule has 124 valence electrons. The molecule has 1 aliphatic heterocycles. The predicted molar refractivity (Wildman–Crippen MR) is 87.5 cm³/mol. The molecule has 2 fully saturated rings. The molecule has 1 saturated carbocycles. The van der Waals surface area contributed by atoms with Gasteiger partial charge in [-0.2, -0.15) is 0 Å². The number of nitrogens with one attached hydrogen (secondary N) is 2. The monoisotopic (exact) mass is 336 g/mol. The van der Waals surface area contributed by atoms with Gasteiger partial charge in [0.15, 0.2) is 0 Å². The van der Waals surface area contributed by atoms with Crippen molar-refractivity contribution in [2.45, 2.75) is 43.6 Å². The summed E-state index contributed by atoms with van der Waals surface area (Å²) in [6.45, 7) is 1.00. The molecule has 2 aliphatic rings. The third kappa shape index (κ3) is 3.96. The first-order valence-corrected chi connectivity index (χ1v) is 8.44. The van der Waals surface area contributed by atoms with Gasteiger partial charge in [0.1, 0.15) is 12.6 Å². The summed E-state index contributed by atoms with van der Waals surface area (Å²) >= 11 is 5.91. The summed E-state index contributed by atoms with van der Waals surface area (Å²) < 4.78 is 5.38. The molecule has 2 N–H and O–H groups in total. The number of carbonyl (C=O) groups excluding carboxylic acids is 2. The second-order valence-corrected chi connectivity index (χ2v) is 6.78. The largest absolute Gasteiger partial charge is 0.449 e. The third-order valence-electron chi connectivity index (χ3n) is 4.62. The van der Waals surface area contributed by atoms with Crippen molar-refractivity contribution >= 4 is 23.6 Å². The van der Waals surface area contributed by atoms with Gasteiger partial charge in [-0.1, -0.05) is 23.7 Å². The number of rotatable bonds is 4. The topological polar surface area (TPSA) is 67.4 Å². The van der Waals surface area contributed by atoms with Crippen LogP contribution in [0.5, 0.6) is 0 Å². The zero-order valence-electron chi connectivity index (χ0n) is 12.9. The summed E-state index contributed by atoms with van der Waals surface area (Å²) in [6, 6.07) is 7.18. The van der Waals surface area contributed by atoms with Gasteiger partial charge in [-0.25, -0.2) is 4.79 Å². The van der Waals surface area contributed by atoms with E-state index >= 15 is 0 Å². The number of alkyl carbamates (subject to hydrolysis) is 1. The van der Waals surface area contributed by atoms with Gasteiger partial charge in [0, 0.05) is 17.0 Å². The second-order valence-electron chi connectivity index (χ2n) is 6.35. The Kier molecular flexibility index (Phi) is 4.76. The maximum atomic E-state index is 12.0. The van der Waals surface area contributed by atoms with Crippen molar-refractivity contribution in [3.63, 3.8) is 0 Å². The summed E-state index contributed by atoms with van der Waals surface area (Å²) in [6.07, 6.45) is 3.98. The first kappa shape index (κ1) is 16.1. The molecule has 1 heterocycles. The van der Waals surface area contributed by atoms with E-state index in [1.54, 1.807) is 0 Å². The number of ether oxygens (including phenoxy) is 1. The zero-order valence-corrected chi connectivity index (χ0v) is 13.7. The van der Waals surface area contributed by atoms with E-state index in [4.69, 9.17) is 16.3 Å². The van der Waals surface area contributed by atoms with Crippen molar-refractivity contribution in [3.05, 3.63) is 34.9 Å². The molecule has 6 heteroatoms. The highest BCUT2D eigenvalue weighted by molar-refractivity contribution is 6.30. The molecular weight excluding hydrogens is 316 g/mol. The lowest BCUT2D eigenvalue weighted by atomic mass is 9.97. The van der Waals surface area contributed by atoms with Crippen LogP contribution in [0, 0.1) is 0 Å². The molecule has 1 atom stereocenters. The lowest BCUT2D eigenvalue weighted by molar-refractivity contribution is -0.122. The van der Waals surface area contributed by atoms with Gasteiger partial charge in [-0.3, -0.25) is 4.79 Å². The summed E-state index contributed by atoms with van der Waals surface area (Å²) in [5, 5.41) is 6.17. The minimum absolute atomic E-state index is 0.0896. The zero-order chi connectivity index (χ0) is 16.3. The van der Waals surface area contributed by atoms with Gasteiger partial charge < -0.3 is 15.4 Å². The van der Waals surface area contributed by atoms with Gasteiger partial charge in [0.2, 0.25) is 5.91 Å². The average Bonchev–Trinajstić information content (AvgIpc) is 3.34. The van der Waals surface area contributed by atoms with Crippen LogP contribution in [0.4, 0.5) is 4.79 Å². The maximum Gasteiger partial charge on any atom is 0.407 e. The lowest BCUT2D eigenvalue weighted by Crippen LogP contribution is -2.46. The highest BCUT2D eigenvalue weighted by atomic mass is 35.5. The van der Waals surface area contributed by atoms with Crippen molar-refractivity contribution in [1.29, 1.82) is 0 Å². The first-order chi connectivity index (χ1) is 11.1. The van der Waals surface area contributed by atoms with E-state index < -0.39 is 12.1 Å². The number of amides is 2. The van der Waals surface area contributed by atoms with Crippen molar-refractivity contribution in [2.24, 2.45) is 0 Å². The normalized spacial score (nSPS) is 22.7. The fraction of sp³-hybridized carbons (Fsp3) is 0.529. The van der Waals surface area contributed by atoms with E-state index in [0.717, 1.165) is 31.2 Å². The van der Waals surface area contributed by atoms with Crippen LogP contribution < -0.4 is 10.6 Å². The first-order valence-electron chi connectivity index (χ1n) is 8.06. The smallest absolute Gasteiger partial charge is 0.407 e. The Balaban J connectivity index is 1.52. The second kappa shape index (κ2) is 6.79. The third-order valence-corrected chi connectivity index (χ3v) is 4.87. The Morgan fingerprint density at radius 1 is 1.30 bits per heavy atom. The molecule has 1 aromatic rings. The SMILES string of the molecule is O=C(NC1CCCCNC1=O)OCC1(c2ccc(Cl)cc2)CC1. The van der Waals surface area contributed by atoms with Crippen LogP contribution >= 0.6 is 11.6 Å². The average molecular weight is 337 g/mol. The molecule has 0 bridgehead atoms. The molecule has 1 saturated heterocycles. The summed E-state index contributed by atoms with van der Waals surface area (Å²) in [7, 11) is 0. The van der Waals surface area contributed by atoms with Crippen molar-refractivity contribution in [2.75, 3.05) is 13.2 Å². The van der Waals surface area contributed by atoms with E-state index in [1.165, 1.54) is 0 Å². The number of carbonyl (C=O) groups is 2. The Labute approximate surface area is 140 Å². The number of benzene rings is 1. The van der Waals surface area contributed by atoms with Gasteiger partial charge in [-0.15, -0.1) is 0 Å². The molecule has 0 radical (unpaired) electrons. The van der Waals surface area contributed by atoms with Crippen LogP contribution in [0.3, 0.4) is 0 Å². The molecule has 3 rings (SSSR count). The van der Waals surface area contributed by atoms with E-state index in [-0.39, 0.29) is 11.3 Å². The number of hydrogen-bond donors (Lipinski definition) is 2. The standard InChI is InChI=1S/C17H21ClN2O3/c18-13-6-4-12(5-7-13)17(8-9-17)11-23-16(22)20-14-3-1-2-10-19-15(14)21/h4-7,14H,1-3,8-11H2,(H,19,21)(H,20,22). The fourth-order valence-electron chi connectivity index (χ4n) is 2.94. The van der Waals surface area contributed by atoms with Crippen LogP contribution in [0.2, 0.25) is 5.02 Å². The summed E-state index contributed by atoms with van der Waals surface area (Å²) in [4.78, 5) is 23.8. The lowest BCUT2D eigenvalue weighted by Gasteiger charge is -2.19. The predicted octanol–water partition coefficient (Wildman–Crippen LogP) is 2.77. The molecule has 5 nitrogen and oxygen atoms in total. The minimum Gasteiger partial charge on any atom is -0.449 e. The quantitative estimate of drug-likeness (QED) is 0.888. The number of hydrogen-bond acceptors (Lipinski definition) is 3. The van der Waals surface area contributed by atoms with E-state index in [1.807, 2.05) is 24.3 Å². The minimum atomic E-state index is -0.521. The van der Waals surface area contributed by atoms with E-state index in [9.17, 15) is 9.59 Å². The van der Waals surface area contributed by atoms with Crippen LogP contribution in [0.15, 0.2) is 24.3 Å². The summed E-state index contributed by atoms with van der Waals surface area (Å²) in [5.74, 6) is -0.127. The van der Waals surface area contributed by atoms with Crippen molar-refractivity contribution in [3.8, 4) is 0 Å². The van der Waals surface area contributed by atoms with Gasteiger partial charge in [0.25, 0.3) is 0 Å². The van der Waals surface area contributed by atoms with Crippen LogP contribution in [0.25, 0.3) is 0 Å². The van der Waals surface area contributed by atoms with Crippen LogP contribution in [0.1, 0.15) is 37.7 Å². The molecule has 1 unspecified atom stereocenters. The summed E-state index contributed by atoms with van der Waals surface area (Å²) in [5.41, 5.74) is 1.05. The Morgan fingerprint density at radius 2 is 2.04 bits per heavy atom. The molecule has 1 aromatic carbocycles. The molecule has 23 heavy (non-hydrogen) atoms. The number of halogens is 1. The Morgan fingerprint density at radius 3 is 2.74 bits per heavy atom. The van der Waals surface area contributed by atoms with Crippen molar-refractivity contribution in [1.82, 2.24) is 10.6 Å². The maximum absolute atomic E-state index is 12.0. The Hall–Kier alpha value is -1.75. The molecule has 1 aliphatic carbocycles. The molecule has 0 spiro atoms. The molecule has 0 aromatic heterocycles. The van der Waals surface area contributed by atoms with Gasteiger partial charge >= 0.3 is 6.09 Å².